The zero-order valence-electron chi connectivity index (χ0n) is 11.9. The molecular weight excluding hydrogens is 320 g/mol. The van der Waals surface area contributed by atoms with Gasteiger partial charge >= 0.3 is 5.97 Å². The molecule has 0 aliphatic heterocycles. The summed E-state index contributed by atoms with van der Waals surface area (Å²) in [5.74, 6) is -1.10. The topological polar surface area (TPSA) is 101 Å². The van der Waals surface area contributed by atoms with E-state index in [1.165, 1.54) is 6.07 Å². The third-order valence-electron chi connectivity index (χ3n) is 3.19. The van der Waals surface area contributed by atoms with Crippen LogP contribution in [0.25, 0.3) is 17.1 Å². The van der Waals surface area contributed by atoms with Crippen molar-refractivity contribution in [3.05, 3.63) is 63.0 Å². The van der Waals surface area contributed by atoms with Crippen molar-refractivity contribution in [1.82, 2.24) is 20.0 Å². The van der Waals surface area contributed by atoms with Crippen LogP contribution in [0, 0.1) is 6.92 Å². The fraction of sp³-hybridized carbons (Fsp3) is 0.0667. The first-order chi connectivity index (χ1) is 11.0. The van der Waals surface area contributed by atoms with Gasteiger partial charge < -0.3 is 5.11 Å². The van der Waals surface area contributed by atoms with Gasteiger partial charge in [0.25, 0.3) is 5.56 Å². The highest BCUT2D eigenvalue weighted by atomic mass is 35.5. The minimum absolute atomic E-state index is 0.228. The maximum atomic E-state index is 12.3. The van der Waals surface area contributed by atoms with Crippen molar-refractivity contribution in [1.29, 1.82) is 0 Å². The molecule has 2 N–H and O–H groups in total. The third kappa shape index (κ3) is 2.86. The molecule has 116 valence electrons. The van der Waals surface area contributed by atoms with Crippen LogP contribution in [-0.2, 0) is 0 Å². The van der Waals surface area contributed by atoms with Gasteiger partial charge in [-0.3, -0.25) is 9.89 Å². The Morgan fingerprint density at radius 3 is 2.52 bits per heavy atom. The molecule has 7 nitrogen and oxygen atoms in total. The number of carbonyl (C=O) groups is 1. The number of aromatic nitrogens is 4. The van der Waals surface area contributed by atoms with Gasteiger partial charge in [-0.15, -0.1) is 0 Å². The van der Waals surface area contributed by atoms with Gasteiger partial charge in [-0.05, 0) is 25.1 Å². The summed E-state index contributed by atoms with van der Waals surface area (Å²) in [6.45, 7) is 1.77. The predicted molar refractivity (Wildman–Crippen MR) is 84.1 cm³/mol. The van der Waals surface area contributed by atoms with Gasteiger partial charge in [-0.25, -0.2) is 4.79 Å². The number of aromatic carboxylic acids is 1. The molecule has 2 aromatic heterocycles. The highest BCUT2D eigenvalue weighted by molar-refractivity contribution is 6.30. The Bertz CT molecular complexity index is 944. The van der Waals surface area contributed by atoms with Crippen LogP contribution in [0.4, 0.5) is 0 Å². The summed E-state index contributed by atoms with van der Waals surface area (Å²) in [7, 11) is 0. The number of halogens is 1. The van der Waals surface area contributed by atoms with Crippen LogP contribution in [0.1, 0.15) is 16.1 Å². The lowest BCUT2D eigenvalue weighted by molar-refractivity contribution is 0.0694. The van der Waals surface area contributed by atoms with Crippen molar-refractivity contribution in [3.8, 4) is 17.1 Å². The molecule has 3 rings (SSSR count). The second-order valence-electron chi connectivity index (χ2n) is 4.88. The minimum atomic E-state index is -1.33. The monoisotopic (exact) mass is 330 g/mol. The van der Waals surface area contributed by atoms with E-state index in [0.717, 1.165) is 10.4 Å². The summed E-state index contributed by atoms with van der Waals surface area (Å²) in [5, 5.41) is 20.7. The molecule has 23 heavy (non-hydrogen) atoms. The maximum absolute atomic E-state index is 12.3. The summed E-state index contributed by atoms with van der Waals surface area (Å²) in [4.78, 5) is 23.7. The van der Waals surface area contributed by atoms with Gasteiger partial charge in [-0.1, -0.05) is 23.7 Å². The van der Waals surface area contributed by atoms with Crippen LogP contribution in [-0.4, -0.2) is 31.1 Å². The molecule has 0 fully saturated rings. The fourth-order valence-corrected chi connectivity index (χ4v) is 2.20. The van der Waals surface area contributed by atoms with Crippen molar-refractivity contribution in [2.75, 3.05) is 0 Å². The van der Waals surface area contributed by atoms with E-state index in [9.17, 15) is 14.7 Å². The van der Waals surface area contributed by atoms with E-state index in [1.807, 2.05) is 0 Å². The van der Waals surface area contributed by atoms with E-state index in [1.54, 1.807) is 37.3 Å². The molecule has 0 saturated carbocycles. The van der Waals surface area contributed by atoms with Crippen molar-refractivity contribution in [3.63, 3.8) is 0 Å². The lowest BCUT2D eigenvalue weighted by Crippen LogP contribution is -2.28. The van der Waals surface area contributed by atoms with Crippen molar-refractivity contribution >= 4 is 17.6 Å². The zero-order valence-corrected chi connectivity index (χ0v) is 12.7. The van der Waals surface area contributed by atoms with Gasteiger partial charge in [0.15, 0.2) is 5.82 Å². The second kappa shape index (κ2) is 5.69. The molecule has 0 saturated heterocycles. The molecule has 0 spiro atoms. The highest BCUT2D eigenvalue weighted by Gasteiger charge is 2.17. The number of H-pyrrole nitrogens is 1. The van der Waals surface area contributed by atoms with Gasteiger partial charge in [0.05, 0.1) is 5.69 Å². The Labute approximate surface area is 135 Å². The lowest BCUT2D eigenvalue weighted by Gasteiger charge is -2.07. The number of rotatable bonds is 3. The van der Waals surface area contributed by atoms with E-state index >= 15 is 0 Å². The number of nitrogens with zero attached hydrogens (tertiary/aromatic N) is 3. The number of carboxylic acid groups (broad SMARTS) is 1. The quantitative estimate of drug-likeness (QED) is 0.767. The molecule has 1 aromatic carbocycles. The molecule has 0 aliphatic rings. The van der Waals surface area contributed by atoms with Crippen molar-refractivity contribution in [2.24, 2.45) is 0 Å². The first-order valence-corrected chi connectivity index (χ1v) is 6.99. The summed E-state index contributed by atoms with van der Waals surface area (Å²) in [5.41, 5.74) is 0.562. The summed E-state index contributed by atoms with van der Waals surface area (Å²) in [6, 6.07) is 9.55. The smallest absolute Gasteiger partial charge is 0.341 e. The van der Waals surface area contributed by atoms with Crippen LogP contribution in [0.3, 0.4) is 0 Å². The van der Waals surface area contributed by atoms with Gasteiger partial charge in [0.1, 0.15) is 5.56 Å². The lowest BCUT2D eigenvalue weighted by atomic mass is 10.1. The Morgan fingerprint density at radius 2 is 1.96 bits per heavy atom. The molecule has 0 bridgehead atoms. The molecule has 0 atom stereocenters. The standard InChI is InChI=1S/C15H11ClN4O3/c1-8-6-13(18-17-8)20-14(21)11(15(22)23)7-12(19-20)9-2-4-10(16)5-3-9/h2-7H,1H3,(H,17,18)(H,22,23). The average Bonchev–Trinajstić information content (AvgIpc) is 2.94. The number of aromatic amines is 1. The first-order valence-electron chi connectivity index (χ1n) is 6.61. The van der Waals surface area contributed by atoms with Gasteiger partial charge in [-0.2, -0.15) is 14.9 Å². The van der Waals surface area contributed by atoms with E-state index < -0.39 is 11.5 Å². The third-order valence-corrected chi connectivity index (χ3v) is 3.44. The Kier molecular flexibility index (Phi) is 3.71. The van der Waals surface area contributed by atoms with Crippen LogP contribution in [0.15, 0.2) is 41.2 Å². The number of aryl methyl sites for hydroxylation is 1. The van der Waals surface area contributed by atoms with E-state index in [-0.39, 0.29) is 11.4 Å². The number of benzene rings is 1. The van der Waals surface area contributed by atoms with Crippen LogP contribution in [0.2, 0.25) is 5.02 Å². The Hall–Kier alpha value is -2.93. The van der Waals surface area contributed by atoms with Crippen LogP contribution < -0.4 is 5.56 Å². The van der Waals surface area contributed by atoms with Crippen molar-refractivity contribution in [2.45, 2.75) is 6.92 Å². The summed E-state index contributed by atoms with van der Waals surface area (Å²) < 4.78 is 0.969. The number of hydrogen-bond donors (Lipinski definition) is 2. The SMILES string of the molecule is Cc1cc(-n2nc(-c3ccc(Cl)cc3)cc(C(=O)O)c2=O)n[nH]1. The fourth-order valence-electron chi connectivity index (χ4n) is 2.08. The zero-order chi connectivity index (χ0) is 16.6. The Morgan fingerprint density at radius 1 is 1.26 bits per heavy atom. The molecule has 0 aliphatic carbocycles. The predicted octanol–water partition coefficient (Wildman–Crippen LogP) is 2.28. The van der Waals surface area contributed by atoms with Crippen LogP contribution in [0.5, 0.6) is 0 Å². The number of hydrogen-bond acceptors (Lipinski definition) is 4. The van der Waals surface area contributed by atoms with E-state index in [4.69, 9.17) is 11.6 Å². The minimum Gasteiger partial charge on any atom is -0.477 e. The average molecular weight is 331 g/mol. The molecule has 8 heteroatoms. The second-order valence-corrected chi connectivity index (χ2v) is 5.32. The number of carboxylic acids is 1. The molecule has 0 amide bonds. The summed E-state index contributed by atoms with van der Waals surface area (Å²) in [6.07, 6.45) is 0. The number of nitrogens with one attached hydrogen (secondary N) is 1. The normalized spacial score (nSPS) is 10.7. The molecular formula is C15H11ClN4O3. The largest absolute Gasteiger partial charge is 0.477 e. The molecule has 0 radical (unpaired) electrons. The molecule has 2 heterocycles. The molecule has 3 aromatic rings. The molecule has 0 unspecified atom stereocenters. The summed E-state index contributed by atoms with van der Waals surface area (Å²) >= 11 is 5.85. The maximum Gasteiger partial charge on any atom is 0.341 e. The first kappa shape index (κ1) is 15.0. The van der Waals surface area contributed by atoms with Gasteiger partial charge in [0.2, 0.25) is 0 Å². The van der Waals surface area contributed by atoms with Crippen molar-refractivity contribution < 1.29 is 9.90 Å². The Balaban J connectivity index is 2.25. The van der Waals surface area contributed by atoms with Crippen LogP contribution >= 0.6 is 11.6 Å². The van der Waals surface area contributed by atoms with Gasteiger partial charge in [0, 0.05) is 22.3 Å². The van der Waals surface area contributed by atoms with E-state index in [0.29, 0.717) is 16.3 Å². The highest BCUT2D eigenvalue weighted by Crippen LogP contribution is 2.20. The van der Waals surface area contributed by atoms with E-state index in [2.05, 4.69) is 15.3 Å².